The maximum Gasteiger partial charge on any atom is 0.125 e. The third-order valence-corrected chi connectivity index (χ3v) is 5.04. The summed E-state index contributed by atoms with van der Waals surface area (Å²) in [6.07, 6.45) is 2.09. The quantitative estimate of drug-likeness (QED) is 0.943. The van der Waals surface area contributed by atoms with Crippen LogP contribution >= 0.6 is 22.9 Å². The highest BCUT2D eigenvalue weighted by Crippen LogP contribution is 2.34. The number of thiazole rings is 1. The van der Waals surface area contributed by atoms with Crippen molar-refractivity contribution in [3.63, 3.8) is 0 Å². The molecule has 1 aromatic heterocycles. The number of halogens is 1. The molecule has 0 aliphatic carbocycles. The molecule has 0 radical (unpaired) electrons. The second-order valence-corrected chi connectivity index (χ2v) is 6.53. The van der Waals surface area contributed by atoms with Gasteiger partial charge in [-0.1, -0.05) is 29.8 Å². The van der Waals surface area contributed by atoms with E-state index in [0.717, 1.165) is 54.6 Å². The summed E-state index contributed by atoms with van der Waals surface area (Å²) < 4.78 is 0. The molecule has 2 heterocycles. The molecule has 5 heteroatoms. The van der Waals surface area contributed by atoms with Crippen LogP contribution in [0.2, 0.25) is 5.02 Å². The van der Waals surface area contributed by atoms with E-state index in [1.165, 1.54) is 10.6 Å². The SMILES string of the molecule is NCCCN1CCc2nc(-c3ccccc3Cl)sc2C1. The first-order chi connectivity index (χ1) is 9.78. The number of nitrogens with zero attached hydrogens (tertiary/aromatic N) is 2. The van der Waals surface area contributed by atoms with Gasteiger partial charge in [0.25, 0.3) is 0 Å². The largest absolute Gasteiger partial charge is 0.330 e. The van der Waals surface area contributed by atoms with Crippen LogP contribution in [0.4, 0.5) is 0 Å². The van der Waals surface area contributed by atoms with Crippen LogP contribution in [0.5, 0.6) is 0 Å². The molecule has 1 aromatic carbocycles. The van der Waals surface area contributed by atoms with Gasteiger partial charge in [-0.3, -0.25) is 4.90 Å². The fourth-order valence-electron chi connectivity index (χ4n) is 2.50. The van der Waals surface area contributed by atoms with Crippen LogP contribution in [0, 0.1) is 0 Å². The van der Waals surface area contributed by atoms with Crippen molar-refractivity contribution in [1.29, 1.82) is 0 Å². The van der Waals surface area contributed by atoms with Gasteiger partial charge < -0.3 is 5.73 Å². The molecule has 0 saturated carbocycles. The fourth-order valence-corrected chi connectivity index (χ4v) is 3.98. The molecule has 1 aliphatic rings. The third kappa shape index (κ3) is 2.88. The van der Waals surface area contributed by atoms with Gasteiger partial charge in [-0.15, -0.1) is 11.3 Å². The summed E-state index contributed by atoms with van der Waals surface area (Å²) in [6, 6.07) is 7.92. The van der Waals surface area contributed by atoms with E-state index < -0.39 is 0 Å². The van der Waals surface area contributed by atoms with Crippen LogP contribution in [0.1, 0.15) is 17.0 Å². The molecule has 106 valence electrons. The zero-order valence-corrected chi connectivity index (χ0v) is 12.9. The Bertz CT molecular complexity index is 597. The van der Waals surface area contributed by atoms with Gasteiger partial charge in [0.2, 0.25) is 0 Å². The Labute approximate surface area is 128 Å². The molecule has 0 saturated heterocycles. The number of fused-ring (bicyclic) bond motifs is 1. The fraction of sp³-hybridized carbons (Fsp3) is 0.400. The highest BCUT2D eigenvalue weighted by atomic mass is 35.5. The molecule has 2 aromatic rings. The van der Waals surface area contributed by atoms with E-state index in [4.69, 9.17) is 22.3 Å². The smallest absolute Gasteiger partial charge is 0.125 e. The topological polar surface area (TPSA) is 42.1 Å². The average molecular weight is 308 g/mol. The molecule has 0 spiro atoms. The Morgan fingerprint density at radius 2 is 2.20 bits per heavy atom. The summed E-state index contributed by atoms with van der Waals surface area (Å²) in [4.78, 5) is 8.62. The van der Waals surface area contributed by atoms with Crippen molar-refractivity contribution < 1.29 is 0 Å². The van der Waals surface area contributed by atoms with Crippen molar-refractivity contribution in [1.82, 2.24) is 9.88 Å². The standard InChI is InChI=1S/C15H18ClN3S/c16-12-5-2-1-4-11(12)15-18-13-6-9-19(8-3-7-17)10-14(13)20-15/h1-2,4-5H,3,6-10,17H2. The summed E-state index contributed by atoms with van der Waals surface area (Å²) in [5, 5.41) is 1.82. The number of hydrogen-bond donors (Lipinski definition) is 1. The molecule has 3 rings (SSSR count). The highest BCUT2D eigenvalue weighted by Gasteiger charge is 2.21. The van der Waals surface area contributed by atoms with Crippen LogP contribution in [-0.2, 0) is 13.0 Å². The second-order valence-electron chi connectivity index (χ2n) is 5.04. The summed E-state index contributed by atoms with van der Waals surface area (Å²) in [5.74, 6) is 0. The van der Waals surface area contributed by atoms with Gasteiger partial charge in [-0.2, -0.15) is 0 Å². The van der Waals surface area contributed by atoms with Crippen LogP contribution < -0.4 is 5.73 Å². The molecule has 1 aliphatic heterocycles. The maximum absolute atomic E-state index is 6.26. The van der Waals surface area contributed by atoms with E-state index in [-0.39, 0.29) is 0 Å². The van der Waals surface area contributed by atoms with E-state index >= 15 is 0 Å². The predicted octanol–water partition coefficient (Wildman–Crippen LogP) is 3.17. The van der Waals surface area contributed by atoms with Crippen molar-refractivity contribution >= 4 is 22.9 Å². The lowest BCUT2D eigenvalue weighted by atomic mass is 10.1. The normalized spacial score (nSPS) is 15.3. The van der Waals surface area contributed by atoms with Gasteiger partial charge in [0.1, 0.15) is 5.01 Å². The molecule has 0 amide bonds. The minimum absolute atomic E-state index is 0.761. The second kappa shape index (κ2) is 6.22. The zero-order valence-electron chi connectivity index (χ0n) is 11.3. The Kier molecular flexibility index (Phi) is 4.36. The van der Waals surface area contributed by atoms with Crippen molar-refractivity contribution in [2.24, 2.45) is 5.73 Å². The van der Waals surface area contributed by atoms with Crippen molar-refractivity contribution in [3.8, 4) is 10.6 Å². The van der Waals surface area contributed by atoms with Gasteiger partial charge in [-0.25, -0.2) is 4.98 Å². The van der Waals surface area contributed by atoms with E-state index in [2.05, 4.69) is 4.90 Å². The monoisotopic (exact) mass is 307 g/mol. The van der Waals surface area contributed by atoms with Crippen molar-refractivity contribution in [2.45, 2.75) is 19.4 Å². The predicted molar refractivity (Wildman–Crippen MR) is 85.2 cm³/mol. The molecular weight excluding hydrogens is 290 g/mol. The molecular formula is C15H18ClN3S. The van der Waals surface area contributed by atoms with Gasteiger partial charge in [0, 0.05) is 30.0 Å². The van der Waals surface area contributed by atoms with E-state index in [1.54, 1.807) is 11.3 Å². The molecule has 0 atom stereocenters. The van der Waals surface area contributed by atoms with E-state index in [0.29, 0.717) is 0 Å². The van der Waals surface area contributed by atoms with E-state index in [1.807, 2.05) is 24.3 Å². The lowest BCUT2D eigenvalue weighted by molar-refractivity contribution is 0.254. The molecule has 2 N–H and O–H groups in total. The lowest BCUT2D eigenvalue weighted by Crippen LogP contribution is -2.31. The van der Waals surface area contributed by atoms with Crippen molar-refractivity contribution in [2.75, 3.05) is 19.6 Å². The minimum Gasteiger partial charge on any atom is -0.330 e. The lowest BCUT2D eigenvalue weighted by Gasteiger charge is -2.25. The van der Waals surface area contributed by atoms with Gasteiger partial charge >= 0.3 is 0 Å². The zero-order chi connectivity index (χ0) is 13.9. The Morgan fingerprint density at radius 1 is 1.35 bits per heavy atom. The first-order valence-electron chi connectivity index (χ1n) is 6.94. The van der Waals surface area contributed by atoms with Crippen molar-refractivity contribution in [3.05, 3.63) is 39.9 Å². The Hall–Kier alpha value is -0.940. The number of nitrogens with two attached hydrogens (primary N) is 1. The molecule has 3 nitrogen and oxygen atoms in total. The van der Waals surface area contributed by atoms with Gasteiger partial charge in [0.05, 0.1) is 10.7 Å². The number of hydrogen-bond acceptors (Lipinski definition) is 4. The third-order valence-electron chi connectivity index (χ3n) is 3.59. The van der Waals surface area contributed by atoms with Gasteiger partial charge in [0.15, 0.2) is 0 Å². The summed E-state index contributed by atoms with van der Waals surface area (Å²) in [5.41, 5.74) is 7.87. The Balaban J connectivity index is 1.82. The van der Waals surface area contributed by atoms with Crippen LogP contribution in [0.25, 0.3) is 10.6 Å². The van der Waals surface area contributed by atoms with E-state index in [9.17, 15) is 0 Å². The van der Waals surface area contributed by atoms with Crippen LogP contribution in [0.15, 0.2) is 24.3 Å². The molecule has 20 heavy (non-hydrogen) atoms. The number of aromatic nitrogens is 1. The number of benzene rings is 1. The molecule has 0 bridgehead atoms. The first-order valence-corrected chi connectivity index (χ1v) is 8.13. The summed E-state index contributed by atoms with van der Waals surface area (Å²) in [7, 11) is 0. The number of rotatable bonds is 4. The molecule has 0 fully saturated rings. The maximum atomic E-state index is 6.26. The Morgan fingerprint density at radius 3 is 3.00 bits per heavy atom. The summed E-state index contributed by atoms with van der Waals surface area (Å²) in [6.45, 7) is 3.92. The average Bonchev–Trinajstić information content (AvgIpc) is 2.88. The van der Waals surface area contributed by atoms with Crippen LogP contribution in [-0.4, -0.2) is 29.5 Å². The first kappa shape index (κ1) is 14.0. The minimum atomic E-state index is 0.761. The van der Waals surface area contributed by atoms with Gasteiger partial charge in [-0.05, 0) is 25.6 Å². The van der Waals surface area contributed by atoms with Crippen LogP contribution in [0.3, 0.4) is 0 Å². The molecule has 0 unspecified atom stereocenters. The summed E-state index contributed by atoms with van der Waals surface area (Å²) >= 11 is 8.03. The highest BCUT2D eigenvalue weighted by molar-refractivity contribution is 7.15.